The molecular formula is C38H64Br2N4O2. The molecule has 0 aromatic carbocycles. The lowest BCUT2D eigenvalue weighted by atomic mass is 10.1. The number of carbonyl (C=O) groups is 2. The van der Waals surface area contributed by atoms with Crippen LogP contribution in [0.2, 0.25) is 0 Å². The van der Waals surface area contributed by atoms with Gasteiger partial charge in [0.2, 0.25) is 0 Å². The number of hydrogen-bond donors (Lipinski definition) is 0. The molecule has 2 rings (SSSR count). The molecule has 0 unspecified atom stereocenters. The Morgan fingerprint density at radius 2 is 0.761 bits per heavy atom. The molecule has 0 N–H and O–H groups in total. The van der Waals surface area contributed by atoms with E-state index in [1.807, 2.05) is 72.9 Å². The second kappa shape index (κ2) is 28.2. The van der Waals surface area contributed by atoms with Gasteiger partial charge in [-0.15, -0.1) is 0 Å². The maximum atomic E-state index is 12.8. The first-order chi connectivity index (χ1) is 21.5. The molecule has 0 fully saturated rings. The molecule has 0 bridgehead atoms. The van der Waals surface area contributed by atoms with Gasteiger partial charge in [0.05, 0.1) is 11.1 Å². The van der Waals surface area contributed by atoms with E-state index in [1.165, 1.54) is 89.9 Å². The number of carbonyl (C=O) groups excluding carboxylic acids is 2. The number of aryl methyl sites for hydroxylation is 2. The minimum Gasteiger partial charge on any atom is -1.00 e. The van der Waals surface area contributed by atoms with Gasteiger partial charge in [0, 0.05) is 64.3 Å². The molecule has 262 valence electrons. The van der Waals surface area contributed by atoms with Crippen LogP contribution >= 0.6 is 0 Å². The van der Waals surface area contributed by atoms with Gasteiger partial charge in [0.15, 0.2) is 24.8 Å². The van der Waals surface area contributed by atoms with E-state index in [2.05, 4.69) is 23.0 Å². The first-order valence-corrected chi connectivity index (χ1v) is 17.9. The summed E-state index contributed by atoms with van der Waals surface area (Å²) in [5, 5.41) is 0. The van der Waals surface area contributed by atoms with Gasteiger partial charge in [-0.3, -0.25) is 9.59 Å². The van der Waals surface area contributed by atoms with Gasteiger partial charge in [-0.2, -0.15) is 0 Å². The van der Waals surface area contributed by atoms with Gasteiger partial charge in [-0.1, -0.05) is 90.9 Å². The number of rotatable bonds is 25. The van der Waals surface area contributed by atoms with Crippen molar-refractivity contribution in [2.45, 2.75) is 143 Å². The fourth-order valence-electron chi connectivity index (χ4n) is 5.70. The zero-order valence-corrected chi connectivity index (χ0v) is 32.7. The summed E-state index contributed by atoms with van der Waals surface area (Å²) >= 11 is 0. The maximum Gasteiger partial charge on any atom is 0.254 e. The predicted molar refractivity (Wildman–Crippen MR) is 182 cm³/mol. The van der Waals surface area contributed by atoms with Crippen molar-refractivity contribution in [2.24, 2.45) is 0 Å². The van der Waals surface area contributed by atoms with Crippen molar-refractivity contribution in [1.82, 2.24) is 9.80 Å². The van der Waals surface area contributed by atoms with Gasteiger partial charge in [-0.25, -0.2) is 9.13 Å². The minimum atomic E-state index is 0. The molecule has 0 spiro atoms. The zero-order valence-electron chi connectivity index (χ0n) is 29.5. The Hall–Kier alpha value is -1.80. The van der Waals surface area contributed by atoms with Crippen molar-refractivity contribution in [1.29, 1.82) is 0 Å². The van der Waals surface area contributed by atoms with Crippen molar-refractivity contribution < 1.29 is 52.7 Å². The van der Waals surface area contributed by atoms with Gasteiger partial charge >= 0.3 is 0 Å². The third kappa shape index (κ3) is 19.1. The third-order valence-corrected chi connectivity index (χ3v) is 8.75. The Bertz CT molecular complexity index is 951. The van der Waals surface area contributed by atoms with E-state index in [-0.39, 0.29) is 45.8 Å². The van der Waals surface area contributed by atoms with Crippen molar-refractivity contribution in [3.63, 3.8) is 0 Å². The molecule has 2 aromatic heterocycles. The van der Waals surface area contributed by atoms with Crippen LogP contribution in [0.15, 0.2) is 49.1 Å². The summed E-state index contributed by atoms with van der Waals surface area (Å²) in [7, 11) is 3.82. The molecular weight excluding hydrogens is 704 g/mol. The summed E-state index contributed by atoms with van der Waals surface area (Å²) < 4.78 is 4.39. The van der Waals surface area contributed by atoms with Crippen LogP contribution in [-0.4, -0.2) is 48.8 Å². The van der Waals surface area contributed by atoms with E-state index in [4.69, 9.17) is 0 Å². The quantitative estimate of drug-likeness (QED) is 0.115. The van der Waals surface area contributed by atoms with Crippen molar-refractivity contribution in [3.8, 4) is 0 Å². The lowest BCUT2D eigenvalue weighted by molar-refractivity contribution is -0.697. The van der Waals surface area contributed by atoms with Gasteiger partial charge in [0.25, 0.3) is 11.8 Å². The Kier molecular flexibility index (Phi) is 27.1. The van der Waals surface area contributed by atoms with Crippen molar-refractivity contribution in [2.75, 3.05) is 27.2 Å². The normalized spacial score (nSPS) is 10.6. The number of unbranched alkanes of at least 4 members (excludes halogenated alkanes) is 15. The van der Waals surface area contributed by atoms with Gasteiger partial charge in [0.1, 0.15) is 13.1 Å². The average molecular weight is 769 g/mol. The van der Waals surface area contributed by atoms with Crippen molar-refractivity contribution in [3.05, 3.63) is 60.2 Å². The average Bonchev–Trinajstić information content (AvgIpc) is 3.05. The molecule has 2 aromatic rings. The van der Waals surface area contributed by atoms with Crippen LogP contribution in [0.3, 0.4) is 0 Å². The zero-order chi connectivity index (χ0) is 31.8. The molecule has 0 aliphatic rings. The summed E-state index contributed by atoms with van der Waals surface area (Å²) in [6.45, 7) is 8.13. The molecule has 8 heteroatoms. The molecule has 0 aliphatic heterocycles. The first-order valence-electron chi connectivity index (χ1n) is 17.9. The first kappa shape index (κ1) is 44.2. The van der Waals surface area contributed by atoms with Crippen LogP contribution in [0.4, 0.5) is 0 Å². The topological polar surface area (TPSA) is 48.4 Å². The number of hydrogen-bond acceptors (Lipinski definition) is 2. The molecule has 0 radical (unpaired) electrons. The van der Waals surface area contributed by atoms with Crippen LogP contribution in [0.25, 0.3) is 0 Å². The van der Waals surface area contributed by atoms with Crippen LogP contribution in [-0.2, 0) is 13.1 Å². The summed E-state index contributed by atoms with van der Waals surface area (Å²) in [6.07, 6.45) is 30.4. The van der Waals surface area contributed by atoms with E-state index < -0.39 is 0 Å². The number of aromatic nitrogens is 2. The molecule has 0 atom stereocenters. The van der Waals surface area contributed by atoms with Gasteiger partial charge in [-0.05, 0) is 25.7 Å². The fourth-order valence-corrected chi connectivity index (χ4v) is 5.70. The van der Waals surface area contributed by atoms with Crippen LogP contribution < -0.4 is 43.1 Å². The van der Waals surface area contributed by atoms with E-state index >= 15 is 0 Å². The Morgan fingerprint density at radius 3 is 1.09 bits per heavy atom. The van der Waals surface area contributed by atoms with E-state index in [9.17, 15) is 9.59 Å². The van der Waals surface area contributed by atoms with E-state index in [0.717, 1.165) is 63.0 Å². The number of pyridine rings is 2. The van der Waals surface area contributed by atoms with Gasteiger partial charge < -0.3 is 43.8 Å². The van der Waals surface area contributed by atoms with Crippen LogP contribution in [0, 0.1) is 0 Å². The third-order valence-electron chi connectivity index (χ3n) is 8.75. The monoisotopic (exact) mass is 766 g/mol. The SMILES string of the molecule is CCCCCCCC[n+]1ccc(C(=O)N(C)CCCCCCCCN(C)C(=O)c2cc[n+](CCCCCCCC)cc2)cc1.[Br-].[Br-]. The highest BCUT2D eigenvalue weighted by atomic mass is 79.9. The summed E-state index contributed by atoms with van der Waals surface area (Å²) in [5.74, 6) is 0.214. The number of halogens is 2. The number of nitrogens with zero attached hydrogens (tertiary/aromatic N) is 4. The molecule has 6 nitrogen and oxygen atoms in total. The Balaban J connectivity index is 0.0000101. The second-order valence-electron chi connectivity index (χ2n) is 12.8. The highest BCUT2D eigenvalue weighted by molar-refractivity contribution is 5.94. The van der Waals surface area contributed by atoms with Crippen LogP contribution in [0.5, 0.6) is 0 Å². The molecule has 2 heterocycles. The minimum absolute atomic E-state index is 0. The molecule has 2 amide bonds. The molecule has 46 heavy (non-hydrogen) atoms. The maximum absolute atomic E-state index is 12.8. The lowest BCUT2D eigenvalue weighted by Crippen LogP contribution is -3.00. The highest BCUT2D eigenvalue weighted by Gasteiger charge is 2.14. The standard InChI is InChI=1S/C38H64N4O2.2BrH/c1-5-7-9-11-17-21-29-41-31-23-35(24-32-41)37(43)39(3)27-19-15-13-14-16-20-28-40(4)38(44)36-25-33-42(34-26-36)30-22-18-12-10-8-6-2;;/h23-26,31-34H,5-22,27-30H2,1-4H3;2*1H/q+2;;/p-2. The lowest BCUT2D eigenvalue weighted by Gasteiger charge is -2.17. The number of amides is 2. The summed E-state index contributed by atoms with van der Waals surface area (Å²) in [6, 6.07) is 7.85. The summed E-state index contributed by atoms with van der Waals surface area (Å²) in [4.78, 5) is 29.4. The Labute approximate surface area is 302 Å². The Morgan fingerprint density at radius 1 is 0.478 bits per heavy atom. The fraction of sp³-hybridized carbons (Fsp3) is 0.684. The molecule has 0 aliphatic carbocycles. The smallest absolute Gasteiger partial charge is 0.254 e. The highest BCUT2D eigenvalue weighted by Crippen LogP contribution is 2.10. The molecule has 0 saturated heterocycles. The van der Waals surface area contributed by atoms with E-state index in [0.29, 0.717) is 0 Å². The second-order valence-corrected chi connectivity index (χ2v) is 12.8. The molecule has 0 saturated carbocycles. The van der Waals surface area contributed by atoms with Crippen molar-refractivity contribution >= 4 is 11.8 Å². The van der Waals surface area contributed by atoms with Crippen LogP contribution in [0.1, 0.15) is 150 Å². The predicted octanol–water partition coefficient (Wildman–Crippen LogP) is 2.18. The largest absolute Gasteiger partial charge is 1.00 e. The van der Waals surface area contributed by atoms with E-state index in [1.54, 1.807) is 0 Å². The summed E-state index contributed by atoms with van der Waals surface area (Å²) in [5.41, 5.74) is 1.54.